The lowest BCUT2D eigenvalue weighted by Crippen LogP contribution is -2.54. The van der Waals surface area contributed by atoms with Crippen LogP contribution in [0.3, 0.4) is 0 Å². The average molecular weight is 556 g/mol. The summed E-state index contributed by atoms with van der Waals surface area (Å²) >= 11 is 6.41. The Balaban J connectivity index is 2.03. The van der Waals surface area contributed by atoms with Crippen LogP contribution in [-0.2, 0) is 26.2 Å². The molecular formula is C29H34ClN3O4S. The zero-order valence-corrected chi connectivity index (χ0v) is 23.9. The molecule has 1 atom stereocenters. The van der Waals surface area contributed by atoms with Crippen molar-refractivity contribution in [2.75, 3.05) is 10.8 Å². The molecule has 3 aromatic carbocycles. The van der Waals surface area contributed by atoms with Crippen LogP contribution >= 0.6 is 11.6 Å². The molecule has 202 valence electrons. The number of nitrogens with zero attached hydrogens (tertiary/aromatic N) is 2. The quantitative estimate of drug-likeness (QED) is 0.394. The van der Waals surface area contributed by atoms with E-state index in [0.717, 1.165) is 15.4 Å². The standard InChI is InChI=1S/C29H34ClN3O4S/c1-21-15-17-23(18-16-21)19-32(22(2)28(35)31-29(3,4)5)27(34)20-33(26-14-10-9-13-25(26)30)38(36,37)24-11-7-6-8-12-24/h6-18,22H,19-20H2,1-5H3,(H,31,35). The third-order valence-electron chi connectivity index (χ3n) is 5.87. The highest BCUT2D eigenvalue weighted by atomic mass is 35.5. The van der Waals surface area contributed by atoms with E-state index < -0.39 is 34.1 Å². The minimum atomic E-state index is -4.16. The van der Waals surface area contributed by atoms with Crippen LogP contribution < -0.4 is 9.62 Å². The molecule has 0 saturated heterocycles. The van der Waals surface area contributed by atoms with E-state index in [-0.39, 0.29) is 28.1 Å². The van der Waals surface area contributed by atoms with Gasteiger partial charge in [-0.05, 0) is 64.4 Å². The summed E-state index contributed by atoms with van der Waals surface area (Å²) in [5.74, 6) is -0.880. The number of aryl methyl sites for hydroxylation is 1. The zero-order chi connectivity index (χ0) is 28.1. The molecule has 0 fully saturated rings. The monoisotopic (exact) mass is 555 g/mol. The summed E-state index contributed by atoms with van der Waals surface area (Å²) in [5.41, 5.74) is 1.54. The van der Waals surface area contributed by atoms with E-state index >= 15 is 0 Å². The van der Waals surface area contributed by atoms with E-state index in [1.807, 2.05) is 52.0 Å². The molecule has 38 heavy (non-hydrogen) atoms. The summed E-state index contributed by atoms with van der Waals surface area (Å²) in [4.78, 5) is 28.4. The van der Waals surface area contributed by atoms with Crippen molar-refractivity contribution in [3.05, 3.63) is 95.0 Å². The molecule has 0 bridgehead atoms. The third-order valence-corrected chi connectivity index (χ3v) is 7.96. The lowest BCUT2D eigenvalue weighted by atomic mass is 10.1. The summed E-state index contributed by atoms with van der Waals surface area (Å²) < 4.78 is 28.5. The van der Waals surface area contributed by atoms with Gasteiger partial charge in [-0.15, -0.1) is 0 Å². The number of amides is 2. The van der Waals surface area contributed by atoms with E-state index in [0.29, 0.717) is 0 Å². The van der Waals surface area contributed by atoms with Gasteiger partial charge < -0.3 is 10.2 Å². The summed E-state index contributed by atoms with van der Waals surface area (Å²) in [7, 11) is -4.16. The molecule has 3 aromatic rings. The normalized spacial score (nSPS) is 12.5. The highest BCUT2D eigenvalue weighted by molar-refractivity contribution is 7.92. The van der Waals surface area contributed by atoms with Crippen LogP contribution in [0.2, 0.25) is 5.02 Å². The first kappa shape index (κ1) is 29.2. The number of hydrogen-bond donors (Lipinski definition) is 1. The van der Waals surface area contributed by atoms with Gasteiger partial charge in [-0.1, -0.05) is 71.8 Å². The zero-order valence-electron chi connectivity index (χ0n) is 22.3. The van der Waals surface area contributed by atoms with Gasteiger partial charge in [0.25, 0.3) is 10.0 Å². The number of benzene rings is 3. The maximum atomic E-state index is 13.9. The number of rotatable bonds is 9. The minimum Gasteiger partial charge on any atom is -0.350 e. The number of carbonyl (C=O) groups is 2. The Bertz CT molecular complexity index is 1370. The van der Waals surface area contributed by atoms with Crippen LogP contribution in [0.5, 0.6) is 0 Å². The number of anilines is 1. The molecule has 1 unspecified atom stereocenters. The first-order chi connectivity index (χ1) is 17.8. The van der Waals surface area contributed by atoms with E-state index in [1.165, 1.54) is 17.0 Å². The molecule has 0 spiro atoms. The Morgan fingerprint density at radius 2 is 1.50 bits per heavy atom. The predicted octanol–water partition coefficient (Wildman–Crippen LogP) is 5.18. The topological polar surface area (TPSA) is 86.8 Å². The first-order valence-corrected chi connectivity index (χ1v) is 14.1. The number of hydrogen-bond acceptors (Lipinski definition) is 4. The van der Waals surface area contributed by atoms with Crippen molar-refractivity contribution in [1.82, 2.24) is 10.2 Å². The fourth-order valence-electron chi connectivity index (χ4n) is 3.83. The Kier molecular flexibility index (Phi) is 9.22. The number of para-hydroxylation sites is 1. The average Bonchev–Trinajstić information content (AvgIpc) is 2.86. The molecule has 0 aliphatic carbocycles. The second-order valence-corrected chi connectivity index (χ2v) is 12.5. The first-order valence-electron chi connectivity index (χ1n) is 12.3. The van der Waals surface area contributed by atoms with Gasteiger partial charge in [0.2, 0.25) is 11.8 Å². The van der Waals surface area contributed by atoms with Crippen molar-refractivity contribution in [1.29, 1.82) is 0 Å². The number of carbonyl (C=O) groups excluding carboxylic acids is 2. The Labute approximate surface area is 230 Å². The molecule has 0 aromatic heterocycles. The molecule has 1 N–H and O–H groups in total. The Hall–Kier alpha value is -3.36. The van der Waals surface area contributed by atoms with Crippen LogP contribution in [0.4, 0.5) is 5.69 Å². The highest BCUT2D eigenvalue weighted by Crippen LogP contribution is 2.30. The maximum absolute atomic E-state index is 13.9. The lowest BCUT2D eigenvalue weighted by Gasteiger charge is -2.33. The molecule has 0 radical (unpaired) electrons. The van der Waals surface area contributed by atoms with Crippen molar-refractivity contribution in [3.8, 4) is 0 Å². The van der Waals surface area contributed by atoms with Gasteiger partial charge in [-0.2, -0.15) is 0 Å². The van der Waals surface area contributed by atoms with Crippen LogP contribution in [0, 0.1) is 6.92 Å². The molecule has 0 aliphatic rings. The molecule has 0 heterocycles. The van der Waals surface area contributed by atoms with Gasteiger partial charge >= 0.3 is 0 Å². The van der Waals surface area contributed by atoms with Crippen molar-refractivity contribution in [3.63, 3.8) is 0 Å². The van der Waals surface area contributed by atoms with E-state index in [2.05, 4.69) is 5.32 Å². The van der Waals surface area contributed by atoms with Crippen molar-refractivity contribution < 1.29 is 18.0 Å². The molecule has 9 heteroatoms. The molecule has 0 saturated carbocycles. The van der Waals surface area contributed by atoms with Gasteiger partial charge in [0, 0.05) is 12.1 Å². The van der Waals surface area contributed by atoms with Gasteiger partial charge in [0.15, 0.2) is 0 Å². The second-order valence-electron chi connectivity index (χ2n) is 10.2. The maximum Gasteiger partial charge on any atom is 0.264 e. The SMILES string of the molecule is Cc1ccc(CN(C(=O)CN(c2ccccc2Cl)S(=O)(=O)c2ccccc2)C(C)C(=O)NC(C)(C)C)cc1. The summed E-state index contributed by atoms with van der Waals surface area (Å²) in [6.07, 6.45) is 0. The smallest absolute Gasteiger partial charge is 0.264 e. The number of halogens is 1. The van der Waals surface area contributed by atoms with E-state index in [1.54, 1.807) is 49.4 Å². The predicted molar refractivity (Wildman–Crippen MR) is 152 cm³/mol. The third kappa shape index (κ3) is 7.36. The minimum absolute atomic E-state index is 0.0244. The van der Waals surface area contributed by atoms with Crippen molar-refractivity contribution in [2.45, 2.75) is 57.6 Å². The molecule has 0 aliphatic heterocycles. The largest absolute Gasteiger partial charge is 0.350 e. The summed E-state index contributed by atoms with van der Waals surface area (Å²) in [6.45, 7) is 8.75. The second kappa shape index (κ2) is 12.0. The fraction of sp³-hybridized carbons (Fsp3) is 0.310. The molecular weight excluding hydrogens is 522 g/mol. The molecule has 2 amide bonds. The van der Waals surface area contributed by atoms with Gasteiger partial charge in [0.1, 0.15) is 12.6 Å². The van der Waals surface area contributed by atoms with Gasteiger partial charge in [-0.25, -0.2) is 8.42 Å². The van der Waals surface area contributed by atoms with Crippen LogP contribution in [0.1, 0.15) is 38.8 Å². The Morgan fingerprint density at radius 1 is 0.921 bits per heavy atom. The van der Waals surface area contributed by atoms with Crippen LogP contribution in [0.25, 0.3) is 0 Å². The van der Waals surface area contributed by atoms with Crippen molar-refractivity contribution in [2.24, 2.45) is 0 Å². The molecule has 7 nitrogen and oxygen atoms in total. The van der Waals surface area contributed by atoms with Crippen molar-refractivity contribution >= 4 is 39.1 Å². The van der Waals surface area contributed by atoms with Crippen LogP contribution in [-0.4, -0.2) is 43.3 Å². The Morgan fingerprint density at radius 3 is 2.08 bits per heavy atom. The number of nitrogens with one attached hydrogen (secondary N) is 1. The van der Waals surface area contributed by atoms with E-state index in [4.69, 9.17) is 11.6 Å². The summed E-state index contributed by atoms with van der Waals surface area (Å²) in [5, 5.41) is 3.10. The highest BCUT2D eigenvalue weighted by Gasteiger charge is 2.34. The number of sulfonamides is 1. The van der Waals surface area contributed by atoms with Gasteiger partial charge in [0.05, 0.1) is 15.6 Å². The lowest BCUT2D eigenvalue weighted by molar-refractivity contribution is -0.140. The van der Waals surface area contributed by atoms with E-state index in [9.17, 15) is 18.0 Å². The van der Waals surface area contributed by atoms with Crippen LogP contribution in [0.15, 0.2) is 83.8 Å². The summed E-state index contributed by atoms with van der Waals surface area (Å²) in [6, 6.07) is 21.1. The fourth-order valence-corrected chi connectivity index (χ4v) is 5.58. The van der Waals surface area contributed by atoms with Gasteiger partial charge in [-0.3, -0.25) is 13.9 Å². The molecule has 3 rings (SSSR count).